The van der Waals surface area contributed by atoms with Crippen molar-refractivity contribution in [2.45, 2.75) is 277 Å². The number of hydrogen-bond donors (Lipinski definition) is 4. The summed E-state index contributed by atoms with van der Waals surface area (Å²) in [6.07, 6.45) is 44.8. The summed E-state index contributed by atoms with van der Waals surface area (Å²) in [5.41, 5.74) is 0. The van der Waals surface area contributed by atoms with E-state index in [1.807, 2.05) is 33.5 Å². The quantitative estimate of drug-likeness (QED) is 0.0271. The fraction of sp³-hybridized carbons (Fsp3) is 0.966. The van der Waals surface area contributed by atoms with Crippen LogP contribution < -0.4 is 20.8 Å². The van der Waals surface area contributed by atoms with Gasteiger partial charge in [0.25, 0.3) is 0 Å². The number of carboxylic acids is 2. The number of nitrogens with zero attached hydrogens (tertiary/aromatic N) is 2. The second-order valence-electron chi connectivity index (χ2n) is 23.4. The number of nitrogens with two attached hydrogens (primary N) is 2. The molecule has 18 heteroatoms. The molecular weight excluding hydrogens is 1020 g/mol. The minimum Gasteiger partial charge on any atom is -0.748 e. The highest BCUT2D eigenvalue weighted by molar-refractivity contribution is 7.86. The summed E-state index contributed by atoms with van der Waals surface area (Å²) in [5.74, 6) is -3.27. The number of aliphatic hydroxyl groups is 2. The van der Waals surface area contributed by atoms with Gasteiger partial charge in [-0.05, 0) is 51.4 Å². The van der Waals surface area contributed by atoms with Gasteiger partial charge in [-0.15, -0.1) is 0 Å². The van der Waals surface area contributed by atoms with Crippen LogP contribution in [0.15, 0.2) is 0 Å². The Labute approximate surface area is 475 Å². The highest BCUT2D eigenvalue weighted by Gasteiger charge is 2.23. The van der Waals surface area contributed by atoms with Gasteiger partial charge in [-0.1, -0.05) is 207 Å². The maximum atomic E-state index is 10.6. The summed E-state index contributed by atoms with van der Waals surface area (Å²) in [7, 11) is -0.856. The van der Waals surface area contributed by atoms with Gasteiger partial charge in [0.1, 0.15) is 31.8 Å². The molecule has 466 valence electrons. The van der Waals surface area contributed by atoms with Gasteiger partial charge >= 0.3 is 0 Å². The molecule has 0 aromatic carbocycles. The Bertz CT molecular complexity index is 1490. The Kier molecular flexibility index (Phi) is 61.5. The molecule has 2 atom stereocenters. The van der Waals surface area contributed by atoms with Crippen LogP contribution in [0.4, 0.5) is 0 Å². The Morgan fingerprint density at radius 3 is 0.883 bits per heavy atom. The summed E-state index contributed by atoms with van der Waals surface area (Å²) >= 11 is 0. The molecule has 0 aliphatic rings. The average Bonchev–Trinajstić information content (AvgIpc) is 3.31. The zero-order valence-electron chi connectivity index (χ0n) is 51.2. The van der Waals surface area contributed by atoms with E-state index in [-0.39, 0.29) is 13.0 Å². The van der Waals surface area contributed by atoms with E-state index in [4.69, 9.17) is 0 Å². The molecule has 0 aliphatic carbocycles. The lowest BCUT2D eigenvalue weighted by molar-refractivity contribution is -0.893. The van der Waals surface area contributed by atoms with Crippen molar-refractivity contribution in [1.29, 1.82) is 0 Å². The molecule has 6 N–H and O–H groups in total. The number of unbranched alkanes of at least 4 members (excludes halogenated alkanes) is 32. The first-order valence-corrected chi connectivity index (χ1v) is 34.4. The van der Waals surface area contributed by atoms with Crippen molar-refractivity contribution in [2.24, 2.45) is 0 Å². The summed E-state index contributed by atoms with van der Waals surface area (Å²) in [6, 6.07) is 0. The number of quaternary nitrogens is 4. The molecule has 0 aromatic rings. The number of likely N-dealkylation sites (N-methyl/N-ethyl adjacent to an activating group) is 2. The van der Waals surface area contributed by atoms with Gasteiger partial charge < -0.3 is 58.7 Å². The summed E-state index contributed by atoms with van der Waals surface area (Å²) in [5, 5.41) is 43.5. The Morgan fingerprint density at radius 1 is 0.390 bits per heavy atom. The van der Waals surface area contributed by atoms with Crippen molar-refractivity contribution in [3.63, 3.8) is 0 Å². The number of carboxylic acid groups (broad SMARTS) is 2. The zero-order chi connectivity index (χ0) is 59.0. The van der Waals surface area contributed by atoms with Gasteiger partial charge in [-0.25, -0.2) is 16.8 Å². The molecule has 2 unspecified atom stereocenters. The van der Waals surface area contributed by atoms with Crippen LogP contribution in [0, 0.1) is 0 Å². The predicted molar refractivity (Wildman–Crippen MR) is 312 cm³/mol. The third-order valence-corrected chi connectivity index (χ3v) is 15.4. The van der Waals surface area contributed by atoms with Crippen LogP contribution in [-0.2, 0) is 29.8 Å². The van der Waals surface area contributed by atoms with Crippen LogP contribution in [-0.4, -0.2) is 161 Å². The second-order valence-corrected chi connectivity index (χ2v) is 26.3. The number of carbonyl (C=O) groups is 2. The van der Waals surface area contributed by atoms with E-state index in [9.17, 15) is 56.0 Å². The van der Waals surface area contributed by atoms with E-state index in [2.05, 4.69) is 33.0 Å². The largest absolute Gasteiger partial charge is 0.748 e. The lowest BCUT2D eigenvalue weighted by Gasteiger charge is -2.32. The highest BCUT2D eigenvalue weighted by Crippen LogP contribution is 2.14. The van der Waals surface area contributed by atoms with E-state index < -0.39 is 55.9 Å². The van der Waals surface area contributed by atoms with Gasteiger partial charge in [-0.3, -0.25) is 0 Å². The summed E-state index contributed by atoms with van der Waals surface area (Å²) in [6.45, 7) is 14.1. The maximum Gasteiger partial charge on any atom is 0.116 e. The van der Waals surface area contributed by atoms with E-state index in [0.29, 0.717) is 28.6 Å². The van der Waals surface area contributed by atoms with Gasteiger partial charge in [0, 0.05) is 12.4 Å². The zero-order valence-corrected chi connectivity index (χ0v) is 52.9. The number of rotatable bonds is 53. The molecule has 0 aromatic heterocycles. The molecule has 0 radical (unpaired) electrons. The van der Waals surface area contributed by atoms with Crippen LogP contribution in [0.3, 0.4) is 0 Å². The summed E-state index contributed by atoms with van der Waals surface area (Å²) in [4.78, 5) is 20.3. The number of hydrogen-bond acceptors (Lipinski definition) is 12. The Balaban J connectivity index is -0.000000464. The van der Waals surface area contributed by atoms with Crippen molar-refractivity contribution in [3.8, 4) is 0 Å². The first kappa shape index (κ1) is 82.0. The van der Waals surface area contributed by atoms with E-state index in [0.717, 1.165) is 51.9 Å². The molecule has 77 heavy (non-hydrogen) atoms. The first-order valence-electron chi connectivity index (χ1n) is 31.3. The minimum atomic E-state index is -4.35. The molecule has 0 saturated carbocycles. The Hall–Kier alpha value is -1.48. The number of carbonyl (C=O) groups excluding carboxylic acids is 2. The topological polar surface area (TPSA) is 268 Å². The lowest BCUT2D eigenvalue weighted by Crippen LogP contribution is -2.87. The predicted octanol–water partition coefficient (Wildman–Crippen LogP) is 7.05. The van der Waals surface area contributed by atoms with Crippen LogP contribution in [0.5, 0.6) is 0 Å². The van der Waals surface area contributed by atoms with Gasteiger partial charge in [-0.2, -0.15) is 0 Å². The van der Waals surface area contributed by atoms with Crippen molar-refractivity contribution in [3.05, 3.63) is 0 Å². The fourth-order valence-corrected chi connectivity index (χ4v) is 10.5. The van der Waals surface area contributed by atoms with E-state index in [1.165, 1.54) is 205 Å². The molecule has 0 amide bonds. The smallest absolute Gasteiger partial charge is 0.116 e. The molecular formula is C59H126N4O12S2. The van der Waals surface area contributed by atoms with Crippen molar-refractivity contribution < 1.29 is 75.6 Å². The molecule has 0 rings (SSSR count). The van der Waals surface area contributed by atoms with Crippen molar-refractivity contribution >= 4 is 32.2 Å². The molecule has 0 heterocycles. The first-order chi connectivity index (χ1) is 36.4. The molecule has 0 fully saturated rings. The fourth-order valence-electron chi connectivity index (χ4n) is 9.38. The average molecular weight is 1150 g/mol. The maximum absolute atomic E-state index is 10.6. The molecule has 0 bridgehead atoms. The highest BCUT2D eigenvalue weighted by atomic mass is 32.2. The van der Waals surface area contributed by atoms with E-state index >= 15 is 0 Å². The number of aliphatic carboxylic acids is 2. The monoisotopic (exact) mass is 1150 g/mol. The normalized spacial score (nSPS) is 12.7. The Morgan fingerprint density at radius 2 is 0.636 bits per heavy atom. The van der Waals surface area contributed by atoms with Crippen molar-refractivity contribution in [2.75, 3.05) is 92.1 Å². The molecule has 0 aliphatic heterocycles. The van der Waals surface area contributed by atoms with Crippen LogP contribution in [0.1, 0.15) is 265 Å². The minimum absolute atomic E-state index is 0.109. The van der Waals surface area contributed by atoms with Crippen LogP contribution in [0.2, 0.25) is 0 Å². The number of aliphatic hydroxyl groups excluding tert-OH is 2. The SMILES string of the molecule is CCCCCCCCCCCC[N+](C)(C)CC(O)CS(=O)(=O)[O-].CCCCCCCCCCCC[NH2+]CC(=O)[O-].CCCCCCCCCCCC[NH2+]CCC(=O)[O-].CCCCCCCC[N+](C)(C)CC(O)CS(=O)(=O)[O-]. The van der Waals surface area contributed by atoms with Gasteiger partial charge in [0.15, 0.2) is 0 Å². The second kappa shape index (κ2) is 57.7. The summed E-state index contributed by atoms with van der Waals surface area (Å²) < 4.78 is 64.7. The molecule has 0 spiro atoms. The lowest BCUT2D eigenvalue weighted by atomic mass is 10.1. The van der Waals surface area contributed by atoms with E-state index in [1.54, 1.807) is 0 Å². The van der Waals surface area contributed by atoms with Crippen LogP contribution >= 0.6 is 0 Å². The molecule has 0 saturated heterocycles. The van der Waals surface area contributed by atoms with Gasteiger partial charge in [0.05, 0.1) is 98.6 Å². The molecule has 16 nitrogen and oxygen atoms in total. The van der Waals surface area contributed by atoms with Crippen molar-refractivity contribution in [1.82, 2.24) is 0 Å². The third-order valence-electron chi connectivity index (χ3n) is 13.8. The third kappa shape index (κ3) is 81.1. The standard InChI is InChI=1S/C17H37NO4S.C15H31NO2.C14H29NO2.C13H29NO4S/c1-4-5-6-7-8-9-10-11-12-13-14-18(2,3)15-17(19)16-23(20,21)22;1-2-3-4-5-6-7-8-9-10-11-13-16-14-12-15(17)18;1-2-3-4-5-6-7-8-9-10-11-12-15-13-14(16)17;1-4-5-6-7-8-9-10-14(2,3)11-13(15)12-19(16,17)18/h17,19H,4-16H2,1-3H3;16H,2-14H2,1H3,(H,17,18);15H,2-13H2,1H3,(H,16,17);13,15H,4-12H2,1-3H3. The van der Waals surface area contributed by atoms with Crippen LogP contribution in [0.25, 0.3) is 0 Å². The van der Waals surface area contributed by atoms with Gasteiger partial charge in [0.2, 0.25) is 0 Å².